The second-order valence-corrected chi connectivity index (χ2v) is 6.36. The van der Waals surface area contributed by atoms with E-state index in [1.165, 1.54) is 12.1 Å². The number of aromatic nitrogens is 2. The van der Waals surface area contributed by atoms with E-state index in [0.717, 1.165) is 34.0 Å². The van der Waals surface area contributed by atoms with Crippen LogP contribution in [0.15, 0.2) is 85.2 Å². The van der Waals surface area contributed by atoms with E-state index in [2.05, 4.69) is 21.3 Å². The fourth-order valence-electron chi connectivity index (χ4n) is 3.33. The molecule has 4 rings (SSSR count). The van der Waals surface area contributed by atoms with Crippen molar-refractivity contribution in [2.24, 2.45) is 7.05 Å². The maximum Gasteiger partial charge on any atom is 0.249 e. The Morgan fingerprint density at radius 2 is 1.48 bits per heavy atom. The summed E-state index contributed by atoms with van der Waals surface area (Å²) >= 11 is 0. The van der Waals surface area contributed by atoms with E-state index in [1.807, 2.05) is 68.0 Å². The monoisotopic (exact) mass is 360 g/mol. The van der Waals surface area contributed by atoms with Crippen molar-refractivity contribution in [1.29, 1.82) is 0 Å². The number of benzene rings is 3. The Balaban J connectivity index is 1.96. The highest BCUT2D eigenvalue weighted by Gasteiger charge is 2.25. The van der Waals surface area contributed by atoms with E-state index in [9.17, 15) is 4.39 Å². The Morgan fingerprint density at radius 1 is 0.815 bits per heavy atom. The van der Waals surface area contributed by atoms with E-state index >= 15 is 0 Å². The lowest BCUT2D eigenvalue weighted by Crippen LogP contribution is -2.27. The second-order valence-electron chi connectivity index (χ2n) is 6.36. The van der Waals surface area contributed by atoms with E-state index in [-0.39, 0.29) is 5.82 Å². The molecule has 0 amide bonds. The van der Waals surface area contributed by atoms with Crippen molar-refractivity contribution in [1.82, 2.24) is 4.57 Å². The Bertz CT molecular complexity index is 1050. The third-order valence-electron chi connectivity index (χ3n) is 4.62. The van der Waals surface area contributed by atoms with Gasteiger partial charge in [0.05, 0.1) is 14.2 Å². The summed E-state index contributed by atoms with van der Waals surface area (Å²) < 4.78 is 22.9. The Labute approximate surface area is 157 Å². The van der Waals surface area contributed by atoms with Crippen molar-refractivity contribution in [3.05, 3.63) is 91.0 Å². The fourth-order valence-corrected chi connectivity index (χ4v) is 3.33. The molecule has 0 N–H and O–H groups in total. The molecule has 0 aliphatic carbocycles. The number of aryl methyl sites for hydroxylation is 1. The van der Waals surface area contributed by atoms with Gasteiger partial charge >= 0.3 is 0 Å². The highest BCUT2D eigenvalue weighted by atomic mass is 19.1. The van der Waals surface area contributed by atoms with Gasteiger partial charge in [-0.25, -0.2) is 8.96 Å². The summed E-state index contributed by atoms with van der Waals surface area (Å²) in [5, 5.41) is 0. The van der Waals surface area contributed by atoms with Crippen molar-refractivity contribution in [3.63, 3.8) is 0 Å². The smallest absolute Gasteiger partial charge is 0.249 e. The number of hydrogen-bond acceptors (Lipinski definition) is 1. The number of halogens is 1. The van der Waals surface area contributed by atoms with Gasteiger partial charge in [-0.3, -0.25) is 0 Å². The minimum absolute atomic E-state index is 0.239. The van der Waals surface area contributed by atoms with Gasteiger partial charge in [0.25, 0.3) is 0 Å². The number of rotatable bonds is 4. The van der Waals surface area contributed by atoms with Gasteiger partial charge in [0.15, 0.2) is 11.4 Å². The topological polar surface area (TPSA) is 18.0 Å². The summed E-state index contributed by atoms with van der Waals surface area (Å²) in [4.78, 5) is 0. The molecule has 0 aliphatic heterocycles. The van der Waals surface area contributed by atoms with Crippen LogP contribution in [-0.4, -0.2) is 11.7 Å². The molecule has 3 nitrogen and oxygen atoms in total. The molecular weight excluding hydrogens is 340 g/mol. The maximum absolute atomic E-state index is 13.4. The zero-order valence-corrected chi connectivity index (χ0v) is 15.3. The summed E-state index contributed by atoms with van der Waals surface area (Å²) in [6.07, 6.45) is 2.04. The number of methoxy groups -OCH3 is 1. The van der Waals surface area contributed by atoms with Crippen LogP contribution in [0.4, 0.5) is 4.39 Å². The van der Waals surface area contributed by atoms with Crippen LogP contribution in [0, 0.1) is 5.82 Å². The van der Waals surface area contributed by atoms with Gasteiger partial charge in [0.1, 0.15) is 17.3 Å². The molecule has 27 heavy (non-hydrogen) atoms. The first-order valence-corrected chi connectivity index (χ1v) is 8.74. The minimum Gasteiger partial charge on any atom is -0.497 e. The molecule has 0 saturated carbocycles. The van der Waals surface area contributed by atoms with Crippen molar-refractivity contribution < 1.29 is 13.7 Å². The van der Waals surface area contributed by atoms with Crippen molar-refractivity contribution in [2.45, 2.75) is 0 Å². The molecule has 4 aromatic rings. The van der Waals surface area contributed by atoms with Crippen LogP contribution in [-0.2, 0) is 7.05 Å². The van der Waals surface area contributed by atoms with Crippen LogP contribution in [0.3, 0.4) is 0 Å². The van der Waals surface area contributed by atoms with E-state index in [0.29, 0.717) is 0 Å². The Morgan fingerprint density at radius 3 is 2.11 bits per heavy atom. The molecule has 0 saturated heterocycles. The largest absolute Gasteiger partial charge is 0.497 e. The highest BCUT2D eigenvalue weighted by Crippen LogP contribution is 2.32. The van der Waals surface area contributed by atoms with Gasteiger partial charge in [-0.05, 0) is 48.5 Å². The number of ether oxygens (including phenoxy) is 1. The Kier molecular flexibility index (Phi) is 4.47. The third kappa shape index (κ3) is 3.22. The predicted molar refractivity (Wildman–Crippen MR) is 104 cm³/mol. The van der Waals surface area contributed by atoms with Gasteiger partial charge in [-0.15, -0.1) is 0 Å². The minimum atomic E-state index is -0.239. The summed E-state index contributed by atoms with van der Waals surface area (Å²) in [5.74, 6) is 0.576. The zero-order valence-electron chi connectivity index (χ0n) is 15.3. The second kappa shape index (κ2) is 7.08. The number of hydrogen-bond donors (Lipinski definition) is 0. The van der Waals surface area contributed by atoms with Gasteiger partial charge in [0.2, 0.25) is 6.33 Å². The van der Waals surface area contributed by atoms with Crippen molar-refractivity contribution in [2.75, 3.05) is 7.11 Å². The molecular formula is C23H20FN2O+. The molecule has 0 aliphatic rings. The molecule has 3 aromatic carbocycles. The SMILES string of the molecule is COc1ccc(-n2[13cH][n+](C)c(-c3ccc(F)cc3)c2-c2ccccc2)cc1. The molecule has 0 fully saturated rings. The molecule has 0 atom stereocenters. The van der Waals surface area contributed by atoms with E-state index in [1.54, 1.807) is 7.11 Å². The molecule has 0 spiro atoms. The van der Waals surface area contributed by atoms with Gasteiger partial charge in [-0.2, -0.15) is 4.57 Å². The van der Waals surface area contributed by atoms with Crippen LogP contribution in [0.1, 0.15) is 0 Å². The molecule has 1 aromatic heterocycles. The van der Waals surface area contributed by atoms with Crippen molar-refractivity contribution >= 4 is 0 Å². The van der Waals surface area contributed by atoms with Crippen LogP contribution >= 0.6 is 0 Å². The average molecular weight is 360 g/mol. The van der Waals surface area contributed by atoms with Crippen LogP contribution in [0.5, 0.6) is 5.75 Å². The average Bonchev–Trinajstić information content (AvgIpc) is 3.06. The molecule has 0 bridgehead atoms. The first-order chi connectivity index (χ1) is 13.2. The number of nitrogens with zero attached hydrogens (tertiary/aromatic N) is 2. The normalized spacial score (nSPS) is 10.8. The lowest BCUT2D eigenvalue weighted by molar-refractivity contribution is -0.659. The maximum atomic E-state index is 13.4. The van der Waals surface area contributed by atoms with Crippen LogP contribution < -0.4 is 9.30 Å². The zero-order chi connectivity index (χ0) is 18.8. The van der Waals surface area contributed by atoms with E-state index < -0.39 is 0 Å². The van der Waals surface area contributed by atoms with Gasteiger partial charge in [-0.1, -0.05) is 30.3 Å². The van der Waals surface area contributed by atoms with Crippen molar-refractivity contribution in [3.8, 4) is 34.0 Å². The van der Waals surface area contributed by atoms with Crippen LogP contribution in [0.25, 0.3) is 28.2 Å². The lowest BCUT2D eigenvalue weighted by Gasteiger charge is -2.06. The predicted octanol–water partition coefficient (Wildman–Crippen LogP) is 4.78. The molecule has 0 unspecified atom stereocenters. The van der Waals surface area contributed by atoms with Crippen LogP contribution in [0.2, 0.25) is 0 Å². The molecule has 4 heteroatoms. The fraction of sp³-hybridized carbons (Fsp3) is 0.0870. The van der Waals surface area contributed by atoms with Gasteiger partial charge < -0.3 is 4.74 Å². The first-order valence-electron chi connectivity index (χ1n) is 8.74. The molecule has 0 radical (unpaired) electrons. The van der Waals surface area contributed by atoms with Gasteiger partial charge in [0, 0.05) is 11.1 Å². The molecule has 134 valence electrons. The Hall–Kier alpha value is -3.40. The first kappa shape index (κ1) is 17.0. The summed E-state index contributed by atoms with van der Waals surface area (Å²) in [6.45, 7) is 0. The lowest BCUT2D eigenvalue weighted by atomic mass is 10.0. The highest BCUT2D eigenvalue weighted by molar-refractivity contribution is 5.77. The number of imidazole rings is 1. The third-order valence-corrected chi connectivity index (χ3v) is 4.62. The van der Waals surface area contributed by atoms with E-state index in [4.69, 9.17) is 4.74 Å². The quantitative estimate of drug-likeness (QED) is 0.479. The summed E-state index contributed by atoms with van der Waals surface area (Å²) in [7, 11) is 3.66. The summed E-state index contributed by atoms with van der Waals surface area (Å²) in [6, 6.07) is 24.8. The summed E-state index contributed by atoms with van der Waals surface area (Å²) in [5.41, 5.74) is 5.16. The standard InChI is InChI=1S/C23H20FN2O/c1-25-16-26(20-12-14-21(27-2)15-13-20)23(17-6-4-3-5-7-17)22(25)18-8-10-19(24)11-9-18/h3-16H,1-2H3/q+1/i16+1. The molecule has 1 heterocycles.